The van der Waals surface area contributed by atoms with Crippen molar-refractivity contribution in [3.8, 4) is 6.07 Å². The number of methoxy groups -OCH3 is 1. The molecule has 1 N–H and O–H groups in total. The van der Waals surface area contributed by atoms with Gasteiger partial charge in [-0.15, -0.1) is 0 Å². The number of nitrogens with zero attached hydrogens (tertiary/aromatic N) is 1. The Morgan fingerprint density at radius 3 is 2.43 bits per heavy atom. The molecule has 21 heavy (non-hydrogen) atoms. The molecule has 0 aliphatic heterocycles. The molecule has 1 unspecified atom stereocenters. The molecule has 0 aromatic heterocycles. The number of rotatable bonds is 7. The number of hydrogen-bond acceptors (Lipinski definition) is 6. The van der Waals surface area contributed by atoms with Crippen LogP contribution in [-0.2, 0) is 20.9 Å². The number of nitrogens with one attached hydrogen (secondary N) is 1. The van der Waals surface area contributed by atoms with E-state index in [0.29, 0.717) is 12.2 Å². The maximum Gasteiger partial charge on any atom is 0.338 e. The number of benzene rings is 1. The van der Waals surface area contributed by atoms with Gasteiger partial charge in [-0.05, 0) is 24.6 Å². The SMILES string of the molecule is COCc1ccc(C(=O)OCC(=O)C(C#N)C(C)=N)cc1. The molecule has 0 spiro atoms. The van der Waals surface area contributed by atoms with Crippen LogP contribution in [0, 0.1) is 22.7 Å². The zero-order valence-electron chi connectivity index (χ0n) is 11.9. The maximum atomic E-state index is 11.8. The van der Waals surface area contributed by atoms with Gasteiger partial charge in [0.1, 0.15) is 5.92 Å². The van der Waals surface area contributed by atoms with Crippen molar-refractivity contribution in [1.29, 1.82) is 10.7 Å². The van der Waals surface area contributed by atoms with E-state index < -0.39 is 24.3 Å². The summed E-state index contributed by atoms with van der Waals surface area (Å²) in [5.41, 5.74) is 1.15. The molecule has 0 saturated carbocycles. The van der Waals surface area contributed by atoms with Gasteiger partial charge < -0.3 is 14.9 Å². The van der Waals surface area contributed by atoms with Crippen LogP contribution in [-0.4, -0.2) is 31.2 Å². The van der Waals surface area contributed by atoms with Crippen LogP contribution in [0.5, 0.6) is 0 Å². The highest BCUT2D eigenvalue weighted by molar-refractivity contribution is 6.06. The molecule has 0 aliphatic rings. The van der Waals surface area contributed by atoms with Crippen LogP contribution in [0.1, 0.15) is 22.8 Å². The maximum absolute atomic E-state index is 11.8. The summed E-state index contributed by atoms with van der Waals surface area (Å²) in [5, 5.41) is 16.1. The minimum Gasteiger partial charge on any atom is -0.454 e. The standard InChI is InChI=1S/C15H16N2O4/c1-10(17)13(7-16)14(18)9-21-15(19)12-5-3-11(4-6-12)8-20-2/h3-6,13,17H,8-9H2,1-2H3. The lowest BCUT2D eigenvalue weighted by molar-refractivity contribution is -0.122. The van der Waals surface area contributed by atoms with Crippen molar-refractivity contribution in [1.82, 2.24) is 0 Å². The van der Waals surface area contributed by atoms with E-state index in [4.69, 9.17) is 20.1 Å². The number of hydrogen-bond donors (Lipinski definition) is 1. The fourth-order valence-electron chi connectivity index (χ4n) is 1.62. The number of ketones is 1. The van der Waals surface area contributed by atoms with E-state index >= 15 is 0 Å². The predicted molar refractivity (Wildman–Crippen MR) is 74.9 cm³/mol. The van der Waals surface area contributed by atoms with Gasteiger partial charge in [0.2, 0.25) is 0 Å². The van der Waals surface area contributed by atoms with Gasteiger partial charge in [-0.3, -0.25) is 4.79 Å². The van der Waals surface area contributed by atoms with Gasteiger partial charge in [0.25, 0.3) is 0 Å². The third kappa shape index (κ3) is 4.82. The first-order chi connectivity index (χ1) is 9.99. The van der Waals surface area contributed by atoms with Gasteiger partial charge in [0.05, 0.1) is 18.2 Å². The first-order valence-electron chi connectivity index (χ1n) is 6.22. The second-order valence-corrected chi connectivity index (χ2v) is 4.42. The highest BCUT2D eigenvalue weighted by Gasteiger charge is 2.21. The van der Waals surface area contributed by atoms with Crippen molar-refractivity contribution in [3.63, 3.8) is 0 Å². The van der Waals surface area contributed by atoms with Crippen LogP contribution < -0.4 is 0 Å². The lowest BCUT2D eigenvalue weighted by Gasteiger charge is -2.08. The quantitative estimate of drug-likeness (QED) is 0.608. The first-order valence-corrected chi connectivity index (χ1v) is 6.22. The predicted octanol–water partition coefficient (Wildman–Crippen LogP) is 1.74. The van der Waals surface area contributed by atoms with Gasteiger partial charge in [-0.2, -0.15) is 5.26 Å². The normalized spacial score (nSPS) is 11.3. The minimum atomic E-state index is -1.16. The van der Waals surface area contributed by atoms with E-state index in [1.807, 2.05) is 0 Å². The first kappa shape index (κ1) is 16.5. The Morgan fingerprint density at radius 1 is 1.33 bits per heavy atom. The van der Waals surface area contributed by atoms with E-state index in [2.05, 4.69) is 0 Å². The molecule has 0 heterocycles. The van der Waals surface area contributed by atoms with Crippen molar-refractivity contribution >= 4 is 17.5 Å². The average molecular weight is 288 g/mol. The van der Waals surface area contributed by atoms with E-state index in [-0.39, 0.29) is 5.71 Å². The Labute approximate surface area is 122 Å². The highest BCUT2D eigenvalue weighted by Crippen LogP contribution is 2.08. The molecule has 110 valence electrons. The second-order valence-electron chi connectivity index (χ2n) is 4.42. The Balaban J connectivity index is 2.59. The molecule has 0 saturated heterocycles. The number of esters is 1. The van der Waals surface area contributed by atoms with Crippen LogP contribution in [0.3, 0.4) is 0 Å². The van der Waals surface area contributed by atoms with Crippen molar-refractivity contribution in [2.45, 2.75) is 13.5 Å². The third-order valence-electron chi connectivity index (χ3n) is 2.73. The van der Waals surface area contributed by atoms with Crippen LogP contribution in [0.2, 0.25) is 0 Å². The zero-order chi connectivity index (χ0) is 15.8. The number of ether oxygens (including phenoxy) is 2. The lowest BCUT2D eigenvalue weighted by atomic mass is 10.0. The molecule has 6 heteroatoms. The molecule has 0 bridgehead atoms. The van der Waals surface area contributed by atoms with Crippen molar-refractivity contribution in [2.75, 3.05) is 13.7 Å². The summed E-state index contributed by atoms with van der Waals surface area (Å²) in [6.07, 6.45) is 0. The van der Waals surface area contributed by atoms with Crippen LogP contribution in [0.25, 0.3) is 0 Å². The van der Waals surface area contributed by atoms with Gasteiger partial charge in [-0.25, -0.2) is 4.79 Å². The Bertz CT molecular complexity index is 572. The molecular formula is C15H16N2O4. The molecule has 6 nitrogen and oxygen atoms in total. The molecule has 0 fully saturated rings. The Morgan fingerprint density at radius 2 is 1.95 bits per heavy atom. The van der Waals surface area contributed by atoms with Crippen LogP contribution in [0.15, 0.2) is 24.3 Å². The summed E-state index contributed by atoms with van der Waals surface area (Å²) in [6, 6.07) is 8.30. The molecule has 1 aromatic carbocycles. The number of Topliss-reactive ketones (excluding diaryl/α,β-unsaturated/α-hetero) is 1. The summed E-state index contributed by atoms with van der Waals surface area (Å²) in [7, 11) is 1.57. The fourth-order valence-corrected chi connectivity index (χ4v) is 1.62. The second kappa shape index (κ2) is 7.92. The van der Waals surface area contributed by atoms with Crippen molar-refractivity contribution in [2.24, 2.45) is 5.92 Å². The van der Waals surface area contributed by atoms with E-state index in [9.17, 15) is 9.59 Å². The molecule has 0 radical (unpaired) electrons. The van der Waals surface area contributed by atoms with Gasteiger partial charge >= 0.3 is 5.97 Å². The lowest BCUT2D eigenvalue weighted by Crippen LogP contribution is -2.25. The Hall–Kier alpha value is -2.52. The fraction of sp³-hybridized carbons (Fsp3) is 0.333. The summed E-state index contributed by atoms with van der Waals surface area (Å²) in [4.78, 5) is 23.4. The van der Waals surface area contributed by atoms with E-state index in [1.165, 1.54) is 6.92 Å². The summed E-state index contributed by atoms with van der Waals surface area (Å²) in [6.45, 7) is 1.28. The summed E-state index contributed by atoms with van der Waals surface area (Å²) >= 11 is 0. The van der Waals surface area contributed by atoms with Gasteiger partial charge in [0, 0.05) is 12.8 Å². The van der Waals surface area contributed by atoms with E-state index in [1.54, 1.807) is 37.4 Å². The molecule has 0 amide bonds. The minimum absolute atomic E-state index is 0.0672. The summed E-state index contributed by atoms with van der Waals surface area (Å²) < 4.78 is 9.81. The molecule has 0 aliphatic carbocycles. The molecule has 1 atom stereocenters. The summed E-state index contributed by atoms with van der Waals surface area (Å²) in [5.74, 6) is -2.41. The van der Waals surface area contributed by atoms with Gasteiger partial charge in [0.15, 0.2) is 12.4 Å². The monoisotopic (exact) mass is 288 g/mol. The zero-order valence-corrected chi connectivity index (χ0v) is 11.9. The number of nitriles is 1. The molecule has 1 rings (SSSR count). The van der Waals surface area contributed by atoms with Crippen molar-refractivity contribution in [3.05, 3.63) is 35.4 Å². The smallest absolute Gasteiger partial charge is 0.338 e. The van der Waals surface area contributed by atoms with Gasteiger partial charge in [-0.1, -0.05) is 12.1 Å². The largest absolute Gasteiger partial charge is 0.454 e. The topological polar surface area (TPSA) is 100 Å². The molecular weight excluding hydrogens is 272 g/mol. The average Bonchev–Trinajstić information content (AvgIpc) is 2.46. The van der Waals surface area contributed by atoms with Crippen molar-refractivity contribution < 1.29 is 19.1 Å². The number of carbonyl (C=O) groups excluding carboxylic acids is 2. The highest BCUT2D eigenvalue weighted by atomic mass is 16.5. The number of carbonyl (C=O) groups is 2. The third-order valence-corrected chi connectivity index (χ3v) is 2.73. The van der Waals surface area contributed by atoms with Crippen LogP contribution >= 0.6 is 0 Å². The Kier molecular flexibility index (Phi) is 6.24. The van der Waals surface area contributed by atoms with Crippen LogP contribution in [0.4, 0.5) is 0 Å². The van der Waals surface area contributed by atoms with E-state index in [0.717, 1.165) is 5.56 Å². The molecule has 1 aromatic rings.